The van der Waals surface area contributed by atoms with Crippen molar-refractivity contribution in [3.05, 3.63) is 57.7 Å². The number of halogens is 1. The van der Waals surface area contributed by atoms with Crippen LogP contribution >= 0.6 is 0 Å². The third-order valence-electron chi connectivity index (χ3n) is 4.05. The first-order valence-corrected chi connectivity index (χ1v) is 7.63. The standard InChI is InChI=1S/C18H19FN2O4/c1-8-7-12(5-6-13(8)19)16(18(24)25)21-17(23)15-9(2)14(11(4)22)10(3)20-15/h5-7,16,20H,1-4H3,(H,21,23)(H,24,25). The fourth-order valence-electron chi connectivity index (χ4n) is 2.84. The lowest BCUT2D eigenvalue weighted by Crippen LogP contribution is -2.34. The Morgan fingerprint density at radius 2 is 1.84 bits per heavy atom. The summed E-state index contributed by atoms with van der Waals surface area (Å²) in [7, 11) is 0. The number of Topliss-reactive ketones (excluding diaryl/α,β-unsaturated/α-hetero) is 1. The molecule has 0 aliphatic rings. The molecule has 1 aromatic heterocycles. The molecule has 3 N–H and O–H groups in total. The zero-order valence-corrected chi connectivity index (χ0v) is 14.4. The third-order valence-corrected chi connectivity index (χ3v) is 4.05. The largest absolute Gasteiger partial charge is 0.479 e. The first kappa shape index (κ1) is 18.4. The van der Waals surface area contributed by atoms with Gasteiger partial charge in [-0.05, 0) is 50.5 Å². The maximum absolute atomic E-state index is 13.4. The van der Waals surface area contributed by atoms with Crippen LogP contribution < -0.4 is 5.32 Å². The van der Waals surface area contributed by atoms with Gasteiger partial charge < -0.3 is 15.4 Å². The van der Waals surface area contributed by atoms with Crippen LogP contribution in [0.4, 0.5) is 4.39 Å². The van der Waals surface area contributed by atoms with Crippen molar-refractivity contribution in [1.82, 2.24) is 10.3 Å². The second-order valence-electron chi connectivity index (χ2n) is 5.93. The van der Waals surface area contributed by atoms with E-state index in [1.807, 2.05) is 0 Å². The Labute approximate surface area is 144 Å². The molecule has 1 unspecified atom stereocenters. The van der Waals surface area contributed by atoms with E-state index >= 15 is 0 Å². The van der Waals surface area contributed by atoms with Crippen LogP contribution in [0.15, 0.2) is 18.2 Å². The number of nitrogens with one attached hydrogen (secondary N) is 2. The van der Waals surface area contributed by atoms with E-state index in [9.17, 15) is 23.9 Å². The van der Waals surface area contributed by atoms with E-state index in [1.165, 1.54) is 26.0 Å². The van der Waals surface area contributed by atoms with Crippen LogP contribution in [0.25, 0.3) is 0 Å². The van der Waals surface area contributed by atoms with Gasteiger partial charge in [-0.15, -0.1) is 0 Å². The fraction of sp³-hybridized carbons (Fsp3) is 0.278. The number of carboxylic acids is 1. The molecule has 6 nitrogen and oxygen atoms in total. The van der Waals surface area contributed by atoms with Crippen LogP contribution in [0.3, 0.4) is 0 Å². The molecule has 1 amide bonds. The lowest BCUT2D eigenvalue weighted by molar-refractivity contribution is -0.139. The van der Waals surface area contributed by atoms with Gasteiger partial charge in [0.2, 0.25) is 0 Å². The quantitative estimate of drug-likeness (QED) is 0.725. The van der Waals surface area contributed by atoms with Crippen molar-refractivity contribution < 1.29 is 23.9 Å². The van der Waals surface area contributed by atoms with E-state index in [0.717, 1.165) is 6.07 Å². The fourth-order valence-corrected chi connectivity index (χ4v) is 2.84. The number of amides is 1. The molecule has 0 spiro atoms. The highest BCUT2D eigenvalue weighted by atomic mass is 19.1. The molecule has 132 valence electrons. The SMILES string of the molecule is CC(=O)c1c(C)[nH]c(C(=O)NC(C(=O)O)c2ccc(F)c(C)c2)c1C. The van der Waals surface area contributed by atoms with Gasteiger partial charge in [0.25, 0.3) is 5.91 Å². The number of ketones is 1. The molecule has 2 rings (SSSR count). The number of hydrogen-bond acceptors (Lipinski definition) is 3. The minimum absolute atomic E-state index is 0.132. The van der Waals surface area contributed by atoms with Gasteiger partial charge in [-0.1, -0.05) is 12.1 Å². The Bertz CT molecular complexity index is 870. The number of aromatic amines is 1. The van der Waals surface area contributed by atoms with Crippen molar-refractivity contribution in [3.8, 4) is 0 Å². The third kappa shape index (κ3) is 3.60. The van der Waals surface area contributed by atoms with Crippen molar-refractivity contribution in [1.29, 1.82) is 0 Å². The van der Waals surface area contributed by atoms with E-state index in [0.29, 0.717) is 16.8 Å². The average molecular weight is 346 g/mol. The summed E-state index contributed by atoms with van der Waals surface area (Å²) in [5.74, 6) is -2.56. The Kier molecular flexibility index (Phi) is 5.06. The maximum atomic E-state index is 13.4. The number of aryl methyl sites for hydroxylation is 2. The molecule has 1 heterocycles. The molecule has 2 aromatic rings. The zero-order chi connectivity index (χ0) is 18.9. The van der Waals surface area contributed by atoms with E-state index in [2.05, 4.69) is 10.3 Å². The number of carbonyl (C=O) groups is 3. The minimum atomic E-state index is -1.34. The van der Waals surface area contributed by atoms with E-state index < -0.39 is 23.7 Å². The van der Waals surface area contributed by atoms with Crippen LogP contribution in [0.2, 0.25) is 0 Å². The molecule has 1 atom stereocenters. The second kappa shape index (κ2) is 6.88. The van der Waals surface area contributed by atoms with Gasteiger partial charge >= 0.3 is 5.97 Å². The van der Waals surface area contributed by atoms with Gasteiger partial charge in [0.1, 0.15) is 11.5 Å². The smallest absolute Gasteiger partial charge is 0.330 e. The number of H-pyrrole nitrogens is 1. The molecular formula is C18H19FN2O4. The Morgan fingerprint density at radius 1 is 1.20 bits per heavy atom. The van der Waals surface area contributed by atoms with Crippen molar-refractivity contribution in [2.75, 3.05) is 0 Å². The molecule has 0 radical (unpaired) electrons. The molecule has 25 heavy (non-hydrogen) atoms. The normalized spacial score (nSPS) is 11.9. The van der Waals surface area contributed by atoms with Crippen LogP contribution in [0, 0.1) is 26.6 Å². The van der Waals surface area contributed by atoms with Crippen molar-refractivity contribution in [2.24, 2.45) is 0 Å². The summed E-state index contributed by atoms with van der Waals surface area (Å²) in [5.41, 5.74) is 2.08. The lowest BCUT2D eigenvalue weighted by Gasteiger charge is -2.15. The average Bonchev–Trinajstić information content (AvgIpc) is 2.82. The highest BCUT2D eigenvalue weighted by molar-refractivity contribution is 6.03. The Hall–Kier alpha value is -2.96. The molecule has 0 bridgehead atoms. The summed E-state index contributed by atoms with van der Waals surface area (Å²) in [6, 6.07) is 2.51. The number of rotatable bonds is 5. The first-order valence-electron chi connectivity index (χ1n) is 7.63. The molecule has 0 aliphatic heterocycles. The molecule has 0 saturated heterocycles. The van der Waals surface area contributed by atoms with Crippen LogP contribution in [0.5, 0.6) is 0 Å². The number of hydrogen-bond donors (Lipinski definition) is 3. The number of benzene rings is 1. The summed E-state index contributed by atoms with van der Waals surface area (Å²) in [5, 5.41) is 11.8. The number of aromatic nitrogens is 1. The molecule has 0 saturated carbocycles. The zero-order valence-electron chi connectivity index (χ0n) is 14.4. The highest BCUT2D eigenvalue weighted by Crippen LogP contribution is 2.21. The maximum Gasteiger partial charge on any atom is 0.330 e. The monoisotopic (exact) mass is 346 g/mol. The van der Waals surface area contributed by atoms with Crippen molar-refractivity contribution >= 4 is 17.7 Å². The van der Waals surface area contributed by atoms with Gasteiger partial charge in [-0.3, -0.25) is 9.59 Å². The summed E-state index contributed by atoms with van der Waals surface area (Å²) < 4.78 is 13.4. The molecule has 0 aliphatic carbocycles. The van der Waals surface area contributed by atoms with Gasteiger partial charge in [-0.2, -0.15) is 0 Å². The first-order chi connectivity index (χ1) is 11.6. The lowest BCUT2D eigenvalue weighted by atomic mass is 10.0. The Balaban J connectivity index is 2.36. The van der Waals surface area contributed by atoms with Crippen molar-refractivity contribution in [3.63, 3.8) is 0 Å². The second-order valence-corrected chi connectivity index (χ2v) is 5.93. The number of carbonyl (C=O) groups excluding carboxylic acids is 2. The summed E-state index contributed by atoms with van der Waals surface area (Å²) in [6.07, 6.45) is 0. The molecule has 7 heteroatoms. The van der Waals surface area contributed by atoms with Gasteiger partial charge in [0.05, 0.1) is 0 Å². The molecule has 0 fully saturated rings. The van der Waals surface area contributed by atoms with E-state index in [4.69, 9.17) is 0 Å². The molecule has 1 aromatic carbocycles. The predicted octanol–water partition coefficient (Wildman–Crippen LogP) is 2.84. The Morgan fingerprint density at radius 3 is 2.32 bits per heavy atom. The van der Waals surface area contributed by atoms with Gasteiger partial charge in [-0.25, -0.2) is 9.18 Å². The van der Waals surface area contributed by atoms with Crippen LogP contribution in [-0.4, -0.2) is 27.8 Å². The summed E-state index contributed by atoms with van der Waals surface area (Å²) in [4.78, 5) is 38.5. The topological polar surface area (TPSA) is 99.3 Å². The number of aliphatic carboxylic acids is 1. The molecular weight excluding hydrogens is 327 g/mol. The number of carboxylic acid groups (broad SMARTS) is 1. The van der Waals surface area contributed by atoms with Gasteiger partial charge in [0, 0.05) is 11.3 Å². The van der Waals surface area contributed by atoms with E-state index in [1.54, 1.807) is 13.8 Å². The summed E-state index contributed by atoms with van der Waals surface area (Å²) >= 11 is 0. The highest BCUT2D eigenvalue weighted by Gasteiger charge is 2.26. The minimum Gasteiger partial charge on any atom is -0.479 e. The van der Waals surface area contributed by atoms with Crippen molar-refractivity contribution in [2.45, 2.75) is 33.7 Å². The predicted molar refractivity (Wildman–Crippen MR) is 89.3 cm³/mol. The van der Waals surface area contributed by atoms with Crippen LogP contribution in [-0.2, 0) is 4.79 Å². The van der Waals surface area contributed by atoms with Gasteiger partial charge in [0.15, 0.2) is 11.8 Å². The van der Waals surface area contributed by atoms with Crippen LogP contribution in [0.1, 0.15) is 56.2 Å². The summed E-state index contributed by atoms with van der Waals surface area (Å²) in [6.45, 7) is 6.19. The van der Waals surface area contributed by atoms with E-state index in [-0.39, 0.29) is 22.6 Å².